The van der Waals surface area contributed by atoms with Crippen LogP contribution in [0.2, 0.25) is 5.02 Å². The van der Waals surface area contributed by atoms with Crippen LogP contribution in [0, 0.1) is 0 Å². The van der Waals surface area contributed by atoms with Crippen molar-refractivity contribution in [1.82, 2.24) is 4.98 Å². The number of morpholine rings is 1. The molecule has 0 saturated carbocycles. The van der Waals surface area contributed by atoms with E-state index >= 15 is 0 Å². The van der Waals surface area contributed by atoms with Crippen LogP contribution in [0.3, 0.4) is 0 Å². The zero-order chi connectivity index (χ0) is 22.6. The fraction of sp³-hybridized carbons (Fsp3) is 0.280. The van der Waals surface area contributed by atoms with Gasteiger partial charge in [-0.2, -0.15) is 0 Å². The van der Waals surface area contributed by atoms with E-state index in [9.17, 15) is 4.79 Å². The summed E-state index contributed by atoms with van der Waals surface area (Å²) in [6, 6.07) is 17.2. The van der Waals surface area contributed by atoms with Crippen molar-refractivity contribution in [2.24, 2.45) is 0 Å². The molecule has 6 nitrogen and oxygen atoms in total. The molecule has 0 aliphatic carbocycles. The van der Waals surface area contributed by atoms with Gasteiger partial charge >= 0.3 is 0 Å². The number of anilines is 3. The summed E-state index contributed by atoms with van der Waals surface area (Å²) in [5, 5.41) is 3.60. The zero-order valence-corrected chi connectivity index (χ0v) is 19.7. The van der Waals surface area contributed by atoms with Crippen molar-refractivity contribution in [3.05, 3.63) is 71.4 Å². The Bertz CT molecular complexity index is 1130. The topological polar surface area (TPSA) is 57.7 Å². The molecule has 1 N–H and O–H groups in total. The molecule has 0 bridgehead atoms. The average molecular weight is 481 g/mol. The first-order valence-corrected chi connectivity index (χ1v) is 12.4. The van der Waals surface area contributed by atoms with Crippen LogP contribution < -0.4 is 14.5 Å². The fourth-order valence-corrected chi connectivity index (χ4v) is 5.30. The number of carbonyl (C=O) groups is 1. The van der Waals surface area contributed by atoms with Gasteiger partial charge in [0.15, 0.2) is 0 Å². The minimum atomic E-state index is -0.154. The van der Waals surface area contributed by atoms with Crippen LogP contribution in [-0.2, 0) is 4.74 Å². The van der Waals surface area contributed by atoms with Gasteiger partial charge in [0.2, 0.25) is 0 Å². The molecule has 1 amide bonds. The number of pyridine rings is 1. The van der Waals surface area contributed by atoms with Crippen molar-refractivity contribution >= 4 is 46.5 Å². The van der Waals surface area contributed by atoms with Gasteiger partial charge in [0.05, 0.1) is 29.6 Å². The van der Waals surface area contributed by atoms with Gasteiger partial charge in [0.25, 0.3) is 5.91 Å². The summed E-state index contributed by atoms with van der Waals surface area (Å²) in [6.07, 6.45) is 2.95. The molecule has 1 aromatic heterocycles. The van der Waals surface area contributed by atoms with Gasteiger partial charge in [-0.3, -0.25) is 9.78 Å². The number of carbonyl (C=O) groups excluding carboxylic acids is 1. The molecule has 33 heavy (non-hydrogen) atoms. The van der Waals surface area contributed by atoms with E-state index in [-0.39, 0.29) is 5.91 Å². The van der Waals surface area contributed by atoms with Gasteiger partial charge in [-0.25, -0.2) is 0 Å². The lowest BCUT2D eigenvalue weighted by molar-refractivity contribution is 0.102. The Morgan fingerprint density at radius 3 is 2.64 bits per heavy atom. The fourth-order valence-electron chi connectivity index (χ4n) is 4.08. The second-order valence-corrected chi connectivity index (χ2v) is 9.47. The number of hydrogen-bond donors (Lipinski definition) is 1. The summed E-state index contributed by atoms with van der Waals surface area (Å²) in [7, 11) is 0. The summed E-state index contributed by atoms with van der Waals surface area (Å²) < 4.78 is 7.76. The molecule has 2 aromatic carbocycles. The third-order valence-corrected chi connectivity index (χ3v) is 7.29. The van der Waals surface area contributed by atoms with Crippen molar-refractivity contribution in [2.45, 2.75) is 6.42 Å². The molecule has 5 rings (SSSR count). The largest absolute Gasteiger partial charge is 0.378 e. The van der Waals surface area contributed by atoms with Crippen LogP contribution in [0.15, 0.2) is 60.8 Å². The third-order valence-electron chi connectivity index (χ3n) is 5.79. The molecule has 2 fully saturated rings. The molecule has 8 heteroatoms. The summed E-state index contributed by atoms with van der Waals surface area (Å²) >= 11 is 8.40. The van der Waals surface area contributed by atoms with Crippen LogP contribution in [0.1, 0.15) is 16.8 Å². The lowest BCUT2D eigenvalue weighted by Crippen LogP contribution is -2.36. The van der Waals surface area contributed by atoms with E-state index in [4.69, 9.17) is 16.3 Å². The molecular weight excluding hydrogens is 456 g/mol. The Morgan fingerprint density at radius 2 is 1.88 bits per heavy atom. The summed E-state index contributed by atoms with van der Waals surface area (Å²) in [6.45, 7) is 4.03. The molecule has 0 atom stereocenters. The molecule has 2 aliphatic heterocycles. The number of aromatic nitrogens is 1. The van der Waals surface area contributed by atoms with Gasteiger partial charge in [-0.15, -0.1) is 0 Å². The predicted molar refractivity (Wildman–Crippen MR) is 137 cm³/mol. The number of halogens is 1. The number of nitrogens with zero attached hydrogens (tertiary/aromatic N) is 3. The minimum absolute atomic E-state index is 0.154. The van der Waals surface area contributed by atoms with Crippen molar-refractivity contribution in [1.29, 1.82) is 0 Å². The highest BCUT2D eigenvalue weighted by atomic mass is 35.5. The van der Waals surface area contributed by atoms with Gasteiger partial charge in [-0.05, 0) is 73.0 Å². The van der Waals surface area contributed by atoms with Crippen LogP contribution in [-0.4, -0.2) is 49.5 Å². The molecular formula is C25H25ClN4O2S. The second kappa shape index (κ2) is 10.0. The van der Waals surface area contributed by atoms with Crippen molar-refractivity contribution in [3.8, 4) is 11.3 Å². The van der Waals surface area contributed by atoms with Crippen LogP contribution in [0.4, 0.5) is 17.1 Å². The van der Waals surface area contributed by atoms with Gasteiger partial charge in [0, 0.05) is 54.1 Å². The normalized spacial score (nSPS) is 16.2. The maximum absolute atomic E-state index is 12.9. The summed E-state index contributed by atoms with van der Waals surface area (Å²) in [4.78, 5) is 19.8. The smallest absolute Gasteiger partial charge is 0.255 e. The lowest BCUT2D eigenvalue weighted by Gasteiger charge is -2.30. The second-order valence-electron chi connectivity index (χ2n) is 7.96. The molecule has 3 aromatic rings. The van der Waals surface area contributed by atoms with E-state index in [0.717, 1.165) is 48.0 Å². The van der Waals surface area contributed by atoms with Crippen molar-refractivity contribution in [3.63, 3.8) is 0 Å². The van der Waals surface area contributed by atoms with Gasteiger partial charge in [-0.1, -0.05) is 11.6 Å². The Morgan fingerprint density at radius 1 is 1.06 bits per heavy atom. The number of hydrogen-bond acceptors (Lipinski definition) is 6. The molecule has 0 spiro atoms. The zero-order valence-electron chi connectivity index (χ0n) is 18.2. The molecule has 2 saturated heterocycles. The quantitative estimate of drug-likeness (QED) is 0.497. The van der Waals surface area contributed by atoms with Gasteiger partial charge in [0.1, 0.15) is 0 Å². The molecule has 2 aliphatic rings. The van der Waals surface area contributed by atoms with Crippen LogP contribution in [0.25, 0.3) is 11.3 Å². The van der Waals surface area contributed by atoms with E-state index in [1.807, 2.05) is 54.4 Å². The number of rotatable bonds is 5. The molecule has 0 unspecified atom stereocenters. The van der Waals surface area contributed by atoms with Crippen molar-refractivity contribution < 1.29 is 9.53 Å². The Labute approximate surface area is 203 Å². The number of nitrogens with one attached hydrogen (secondary N) is 1. The van der Waals surface area contributed by atoms with Crippen molar-refractivity contribution in [2.75, 3.05) is 53.1 Å². The minimum Gasteiger partial charge on any atom is -0.378 e. The van der Waals surface area contributed by atoms with E-state index in [0.29, 0.717) is 29.5 Å². The number of ether oxygens (including phenoxy) is 1. The van der Waals surface area contributed by atoms with Crippen LogP contribution >= 0.6 is 23.5 Å². The molecule has 170 valence electrons. The highest BCUT2D eigenvalue weighted by molar-refractivity contribution is 8.00. The van der Waals surface area contributed by atoms with Crippen LogP contribution in [0.5, 0.6) is 0 Å². The number of amides is 1. The first kappa shape index (κ1) is 22.1. The SMILES string of the molecule is O=C(Nc1ccc(Cl)c(-c2ncccc2N2CCOCC2)c1)c1ccc(N2CCCS2)cc1. The monoisotopic (exact) mass is 480 g/mol. The Balaban J connectivity index is 1.37. The Kier molecular flexibility index (Phi) is 6.71. The average Bonchev–Trinajstić information content (AvgIpc) is 3.41. The third kappa shape index (κ3) is 4.95. The van der Waals surface area contributed by atoms with E-state index in [1.54, 1.807) is 12.3 Å². The number of benzene rings is 2. The van der Waals surface area contributed by atoms with Gasteiger partial charge < -0.3 is 19.3 Å². The van der Waals surface area contributed by atoms with E-state index < -0.39 is 0 Å². The lowest BCUT2D eigenvalue weighted by atomic mass is 10.1. The highest BCUT2D eigenvalue weighted by Crippen LogP contribution is 2.36. The van der Waals surface area contributed by atoms with E-state index in [1.165, 1.54) is 6.42 Å². The maximum atomic E-state index is 12.9. The summed E-state index contributed by atoms with van der Waals surface area (Å²) in [5.74, 6) is 0.989. The highest BCUT2D eigenvalue weighted by Gasteiger charge is 2.19. The molecule has 3 heterocycles. The maximum Gasteiger partial charge on any atom is 0.255 e. The molecule has 0 radical (unpaired) electrons. The Hall–Kier alpha value is -2.74. The van der Waals surface area contributed by atoms with E-state index in [2.05, 4.69) is 25.6 Å². The summed E-state index contributed by atoms with van der Waals surface area (Å²) in [5.41, 5.74) is 5.03. The standard InChI is InChI=1S/C25H25ClN4O2S/c26-22-9-6-19(28-25(31)18-4-7-20(8-5-18)30-11-2-16-33-30)17-21(22)24-23(3-1-10-27-24)29-12-14-32-15-13-29/h1,3-10,17H,2,11-16H2,(H,28,31). The first-order valence-electron chi connectivity index (χ1n) is 11.1. The first-order chi connectivity index (χ1) is 16.2. The predicted octanol–water partition coefficient (Wildman–Crippen LogP) is 5.35.